The summed E-state index contributed by atoms with van der Waals surface area (Å²) in [4.78, 5) is 1.33. The Morgan fingerprint density at radius 2 is 2.42 bits per heavy atom. The number of thioether (sulfide) groups is 1. The van der Waals surface area contributed by atoms with Crippen molar-refractivity contribution in [1.82, 2.24) is 0 Å². The fourth-order valence-corrected chi connectivity index (χ4v) is 2.38. The van der Waals surface area contributed by atoms with E-state index in [0.29, 0.717) is 5.88 Å². The third-order valence-electron chi connectivity index (χ3n) is 1.88. The van der Waals surface area contributed by atoms with Gasteiger partial charge in [0.2, 0.25) is 0 Å². The molecule has 12 heavy (non-hydrogen) atoms. The predicted octanol–water partition coefficient (Wildman–Crippen LogP) is 2.94. The van der Waals surface area contributed by atoms with E-state index < -0.39 is 0 Å². The van der Waals surface area contributed by atoms with Gasteiger partial charge >= 0.3 is 0 Å². The number of fused-ring (bicyclic) bond motifs is 1. The topological polar surface area (TPSA) is 12.0 Å². The minimum absolute atomic E-state index is 0.605. The van der Waals surface area contributed by atoms with Crippen molar-refractivity contribution in [2.24, 2.45) is 0 Å². The van der Waals surface area contributed by atoms with Crippen LogP contribution in [0.1, 0.15) is 5.56 Å². The summed E-state index contributed by atoms with van der Waals surface area (Å²) in [7, 11) is 0. The maximum Gasteiger partial charge on any atom is 0.0478 e. The number of alkyl halides is 1. The van der Waals surface area contributed by atoms with E-state index >= 15 is 0 Å². The summed E-state index contributed by atoms with van der Waals surface area (Å²) in [5.74, 6) is 1.76. The summed E-state index contributed by atoms with van der Waals surface area (Å²) >= 11 is 7.64. The molecule has 3 heteroatoms. The largest absolute Gasteiger partial charge is 0.383 e. The van der Waals surface area contributed by atoms with Gasteiger partial charge in [0.15, 0.2) is 0 Å². The molecule has 1 aliphatic rings. The van der Waals surface area contributed by atoms with Crippen molar-refractivity contribution in [3.8, 4) is 0 Å². The predicted molar refractivity (Wildman–Crippen MR) is 55.2 cm³/mol. The lowest BCUT2D eigenvalue weighted by Gasteiger charge is -2.17. The molecule has 1 N–H and O–H groups in total. The van der Waals surface area contributed by atoms with Crippen LogP contribution in [0.4, 0.5) is 5.69 Å². The Kier molecular flexibility index (Phi) is 2.47. The van der Waals surface area contributed by atoms with Gasteiger partial charge in [-0.1, -0.05) is 6.07 Å². The molecular formula is C9H10ClNS. The maximum atomic E-state index is 5.74. The van der Waals surface area contributed by atoms with Crippen molar-refractivity contribution in [2.75, 3.05) is 17.6 Å². The normalized spacial score (nSPS) is 15.1. The van der Waals surface area contributed by atoms with Crippen LogP contribution < -0.4 is 5.32 Å². The quantitative estimate of drug-likeness (QED) is 0.699. The summed E-state index contributed by atoms with van der Waals surface area (Å²) in [6, 6.07) is 6.35. The Labute approximate surface area is 81.5 Å². The molecule has 0 aliphatic carbocycles. The van der Waals surface area contributed by atoms with Crippen molar-refractivity contribution >= 4 is 29.1 Å². The van der Waals surface area contributed by atoms with Crippen molar-refractivity contribution in [3.63, 3.8) is 0 Å². The molecule has 0 radical (unpaired) electrons. The fourth-order valence-electron chi connectivity index (χ4n) is 1.26. The minimum Gasteiger partial charge on any atom is -0.383 e. The van der Waals surface area contributed by atoms with Gasteiger partial charge in [0.1, 0.15) is 0 Å². The Hall–Kier alpha value is -0.340. The molecule has 0 spiro atoms. The van der Waals surface area contributed by atoms with E-state index in [4.69, 9.17) is 11.6 Å². The number of benzene rings is 1. The van der Waals surface area contributed by atoms with Crippen LogP contribution in [-0.2, 0) is 5.88 Å². The molecule has 0 fully saturated rings. The molecule has 1 nitrogen and oxygen atoms in total. The summed E-state index contributed by atoms with van der Waals surface area (Å²) in [6.07, 6.45) is 0. The van der Waals surface area contributed by atoms with Gasteiger partial charge in [-0.15, -0.1) is 23.4 Å². The third kappa shape index (κ3) is 1.54. The lowest BCUT2D eigenvalue weighted by atomic mass is 10.2. The average molecular weight is 200 g/mol. The van der Waals surface area contributed by atoms with Crippen LogP contribution in [0, 0.1) is 0 Å². The maximum absolute atomic E-state index is 5.74. The monoisotopic (exact) mass is 199 g/mol. The zero-order valence-electron chi connectivity index (χ0n) is 6.64. The van der Waals surface area contributed by atoms with Crippen molar-refractivity contribution < 1.29 is 0 Å². The number of hydrogen-bond donors (Lipinski definition) is 1. The Bertz CT molecular complexity index is 288. The second kappa shape index (κ2) is 3.58. The van der Waals surface area contributed by atoms with Crippen LogP contribution in [0.5, 0.6) is 0 Å². The number of rotatable bonds is 1. The van der Waals surface area contributed by atoms with Crippen molar-refractivity contribution in [2.45, 2.75) is 10.8 Å². The molecule has 1 heterocycles. The van der Waals surface area contributed by atoms with E-state index in [1.54, 1.807) is 0 Å². The standard InChI is InChI=1S/C9H10ClNS/c10-6-7-1-2-8-9(5-7)12-4-3-11-8/h1-2,5,11H,3-4,6H2. The molecule has 0 bridgehead atoms. The van der Waals surface area contributed by atoms with Gasteiger partial charge in [0, 0.05) is 28.8 Å². The molecule has 64 valence electrons. The molecule has 1 aromatic carbocycles. The van der Waals surface area contributed by atoms with Crippen LogP contribution in [0.15, 0.2) is 23.1 Å². The first-order chi connectivity index (χ1) is 5.90. The summed E-state index contributed by atoms with van der Waals surface area (Å²) < 4.78 is 0. The van der Waals surface area contributed by atoms with Gasteiger partial charge in [0.05, 0.1) is 0 Å². The van der Waals surface area contributed by atoms with Crippen LogP contribution >= 0.6 is 23.4 Å². The van der Waals surface area contributed by atoms with Crippen LogP contribution in [0.2, 0.25) is 0 Å². The van der Waals surface area contributed by atoms with Crippen LogP contribution in [0.25, 0.3) is 0 Å². The zero-order valence-corrected chi connectivity index (χ0v) is 8.21. The second-order valence-electron chi connectivity index (χ2n) is 2.74. The smallest absolute Gasteiger partial charge is 0.0478 e. The van der Waals surface area contributed by atoms with Crippen LogP contribution in [0.3, 0.4) is 0 Å². The van der Waals surface area contributed by atoms with E-state index in [1.165, 1.54) is 16.1 Å². The van der Waals surface area contributed by atoms with Crippen molar-refractivity contribution in [1.29, 1.82) is 0 Å². The molecule has 0 saturated heterocycles. The first kappa shape index (κ1) is 8.27. The molecule has 0 amide bonds. The number of anilines is 1. The lowest BCUT2D eigenvalue weighted by Crippen LogP contribution is -2.09. The average Bonchev–Trinajstić information content (AvgIpc) is 2.17. The summed E-state index contributed by atoms with van der Waals surface area (Å²) in [5, 5.41) is 3.35. The SMILES string of the molecule is ClCc1ccc2c(c1)SCCN2. The highest BCUT2D eigenvalue weighted by Gasteiger charge is 2.08. The van der Waals surface area contributed by atoms with Gasteiger partial charge in [0.25, 0.3) is 0 Å². The Balaban J connectivity index is 2.36. The molecule has 0 atom stereocenters. The van der Waals surface area contributed by atoms with Gasteiger partial charge in [-0.25, -0.2) is 0 Å². The van der Waals surface area contributed by atoms with Gasteiger partial charge in [-0.2, -0.15) is 0 Å². The van der Waals surface area contributed by atoms with E-state index in [1.807, 2.05) is 11.8 Å². The highest BCUT2D eigenvalue weighted by Crippen LogP contribution is 2.31. The molecule has 0 aromatic heterocycles. The zero-order chi connectivity index (χ0) is 8.39. The summed E-state index contributed by atoms with van der Waals surface area (Å²) in [6.45, 7) is 1.07. The molecule has 2 rings (SSSR count). The molecule has 1 aromatic rings. The Morgan fingerprint density at radius 3 is 3.25 bits per heavy atom. The van der Waals surface area contributed by atoms with E-state index in [-0.39, 0.29) is 0 Å². The van der Waals surface area contributed by atoms with Gasteiger partial charge in [-0.05, 0) is 17.7 Å². The number of hydrogen-bond acceptors (Lipinski definition) is 2. The number of halogens is 1. The van der Waals surface area contributed by atoms with Gasteiger partial charge in [-0.3, -0.25) is 0 Å². The van der Waals surface area contributed by atoms with Crippen molar-refractivity contribution in [3.05, 3.63) is 23.8 Å². The Morgan fingerprint density at radius 1 is 1.50 bits per heavy atom. The lowest BCUT2D eigenvalue weighted by molar-refractivity contribution is 1.16. The van der Waals surface area contributed by atoms with Crippen LogP contribution in [-0.4, -0.2) is 12.3 Å². The molecule has 0 unspecified atom stereocenters. The highest BCUT2D eigenvalue weighted by atomic mass is 35.5. The number of nitrogens with one attached hydrogen (secondary N) is 1. The first-order valence-electron chi connectivity index (χ1n) is 3.96. The first-order valence-corrected chi connectivity index (χ1v) is 5.48. The molecule has 0 saturated carbocycles. The summed E-state index contributed by atoms with van der Waals surface area (Å²) in [5.41, 5.74) is 2.45. The molecule has 1 aliphatic heterocycles. The second-order valence-corrected chi connectivity index (χ2v) is 4.14. The van der Waals surface area contributed by atoms with E-state index in [0.717, 1.165) is 12.3 Å². The van der Waals surface area contributed by atoms with E-state index in [9.17, 15) is 0 Å². The molecular weight excluding hydrogens is 190 g/mol. The third-order valence-corrected chi connectivity index (χ3v) is 3.24. The minimum atomic E-state index is 0.605. The fraction of sp³-hybridized carbons (Fsp3) is 0.333. The van der Waals surface area contributed by atoms with Gasteiger partial charge < -0.3 is 5.32 Å². The highest BCUT2D eigenvalue weighted by molar-refractivity contribution is 7.99. The van der Waals surface area contributed by atoms with E-state index in [2.05, 4.69) is 23.5 Å².